The van der Waals surface area contributed by atoms with Gasteiger partial charge in [-0.2, -0.15) is 0 Å². The predicted molar refractivity (Wildman–Crippen MR) is 91.3 cm³/mol. The Morgan fingerprint density at radius 2 is 1.91 bits per heavy atom. The van der Waals surface area contributed by atoms with Crippen molar-refractivity contribution in [3.05, 3.63) is 70.3 Å². The van der Waals surface area contributed by atoms with E-state index in [0.29, 0.717) is 17.3 Å². The minimum Gasteiger partial charge on any atom is -0.398 e. The lowest BCUT2D eigenvalue weighted by Crippen LogP contribution is -2.11. The quantitative estimate of drug-likeness (QED) is 0.699. The first-order valence-electron chi connectivity index (χ1n) is 7.26. The lowest BCUT2D eigenvalue weighted by molar-refractivity contribution is 0.862. The second-order valence-corrected chi connectivity index (χ2v) is 5.79. The van der Waals surface area contributed by atoms with Crippen molar-refractivity contribution in [1.82, 2.24) is 14.8 Å². The number of aryl methyl sites for hydroxylation is 1. The van der Waals surface area contributed by atoms with Gasteiger partial charge in [0, 0.05) is 21.8 Å². The van der Waals surface area contributed by atoms with Crippen molar-refractivity contribution in [2.75, 3.05) is 5.73 Å². The highest BCUT2D eigenvalue weighted by atomic mass is 35.5. The normalized spacial score (nSPS) is 13.0. The monoisotopic (exact) mass is 323 g/mol. The van der Waals surface area contributed by atoms with Gasteiger partial charge in [0.1, 0.15) is 12.4 Å². The Bertz CT molecular complexity index is 942. The van der Waals surface area contributed by atoms with Gasteiger partial charge < -0.3 is 5.73 Å². The summed E-state index contributed by atoms with van der Waals surface area (Å²) in [5.41, 5.74) is 10.4. The number of hydrogen-bond acceptors (Lipinski definition) is 4. The van der Waals surface area contributed by atoms with E-state index in [2.05, 4.69) is 10.2 Å². The molecule has 0 unspecified atom stereocenters. The molecule has 6 heteroatoms. The molecule has 114 valence electrons. The van der Waals surface area contributed by atoms with Gasteiger partial charge in [0.05, 0.1) is 11.4 Å². The zero-order valence-corrected chi connectivity index (χ0v) is 13.2. The molecular formula is C17H14ClN5. The Labute approximate surface area is 138 Å². The molecule has 0 spiro atoms. The van der Waals surface area contributed by atoms with Crippen molar-refractivity contribution in [2.24, 2.45) is 4.99 Å². The van der Waals surface area contributed by atoms with E-state index in [4.69, 9.17) is 22.3 Å². The van der Waals surface area contributed by atoms with Crippen molar-refractivity contribution in [3.63, 3.8) is 0 Å². The van der Waals surface area contributed by atoms with Gasteiger partial charge >= 0.3 is 0 Å². The minimum absolute atomic E-state index is 0.426. The number of halogens is 1. The number of benzene rings is 2. The van der Waals surface area contributed by atoms with Crippen LogP contribution in [0.2, 0.25) is 5.02 Å². The van der Waals surface area contributed by atoms with Gasteiger partial charge in [0.25, 0.3) is 0 Å². The standard InChI is InChI=1S/C17H14ClN5/c1-10-21-22-15-9-20-17(11-5-2-3-6-12(11)18)16-13(19)7-4-8-14(16)23(10)15/h2-8H,9,19H2,1H3. The fourth-order valence-corrected chi connectivity index (χ4v) is 3.15. The van der Waals surface area contributed by atoms with Crippen molar-refractivity contribution < 1.29 is 0 Å². The van der Waals surface area contributed by atoms with E-state index < -0.39 is 0 Å². The molecule has 0 bridgehead atoms. The van der Waals surface area contributed by atoms with Crippen LogP contribution in [-0.4, -0.2) is 20.5 Å². The highest BCUT2D eigenvalue weighted by molar-refractivity contribution is 6.36. The summed E-state index contributed by atoms with van der Waals surface area (Å²) in [4.78, 5) is 4.74. The van der Waals surface area contributed by atoms with E-state index in [1.165, 1.54) is 0 Å². The van der Waals surface area contributed by atoms with Crippen LogP contribution in [0.4, 0.5) is 5.69 Å². The average Bonchev–Trinajstić information content (AvgIpc) is 2.82. The van der Waals surface area contributed by atoms with Gasteiger partial charge in [-0.15, -0.1) is 10.2 Å². The number of fused-ring (bicyclic) bond motifs is 3. The molecule has 0 atom stereocenters. The van der Waals surface area contributed by atoms with Crippen LogP contribution in [0.1, 0.15) is 22.8 Å². The maximum Gasteiger partial charge on any atom is 0.159 e. The van der Waals surface area contributed by atoms with Crippen LogP contribution in [0.25, 0.3) is 5.69 Å². The van der Waals surface area contributed by atoms with E-state index in [9.17, 15) is 0 Å². The van der Waals surface area contributed by atoms with Crippen molar-refractivity contribution in [2.45, 2.75) is 13.5 Å². The van der Waals surface area contributed by atoms with Crippen LogP contribution in [0, 0.1) is 6.92 Å². The van der Waals surface area contributed by atoms with Gasteiger partial charge in [-0.3, -0.25) is 9.56 Å². The highest BCUT2D eigenvalue weighted by Gasteiger charge is 2.24. The molecule has 1 aliphatic heterocycles. The summed E-state index contributed by atoms with van der Waals surface area (Å²) in [6, 6.07) is 13.5. The second-order valence-electron chi connectivity index (χ2n) is 5.38. The number of hydrogen-bond donors (Lipinski definition) is 1. The summed E-state index contributed by atoms with van der Waals surface area (Å²) >= 11 is 6.39. The Balaban J connectivity index is 2.05. The van der Waals surface area contributed by atoms with Gasteiger partial charge in [0.2, 0.25) is 0 Å². The van der Waals surface area contributed by atoms with Gasteiger partial charge in [-0.25, -0.2) is 0 Å². The van der Waals surface area contributed by atoms with Crippen LogP contribution in [0.5, 0.6) is 0 Å². The van der Waals surface area contributed by atoms with Crippen LogP contribution < -0.4 is 5.73 Å². The number of aliphatic imine (C=N–C) groups is 1. The molecule has 0 saturated heterocycles. The topological polar surface area (TPSA) is 69.1 Å². The molecule has 3 aromatic rings. The molecule has 2 aromatic carbocycles. The van der Waals surface area contributed by atoms with Crippen LogP contribution >= 0.6 is 11.6 Å². The summed E-state index contributed by atoms with van der Waals surface area (Å²) in [5, 5.41) is 9.04. The van der Waals surface area contributed by atoms with Crippen molar-refractivity contribution in [3.8, 4) is 5.69 Å². The number of nitrogens with two attached hydrogens (primary N) is 1. The Hall–Kier alpha value is -2.66. The zero-order valence-electron chi connectivity index (χ0n) is 12.5. The van der Waals surface area contributed by atoms with Crippen LogP contribution in [-0.2, 0) is 6.54 Å². The van der Waals surface area contributed by atoms with Crippen LogP contribution in [0.15, 0.2) is 47.5 Å². The smallest absolute Gasteiger partial charge is 0.159 e. The van der Waals surface area contributed by atoms with Gasteiger partial charge in [-0.05, 0) is 25.1 Å². The minimum atomic E-state index is 0.426. The molecule has 2 N–H and O–H groups in total. The highest BCUT2D eigenvalue weighted by Crippen LogP contribution is 2.31. The molecule has 1 aliphatic rings. The summed E-state index contributed by atoms with van der Waals surface area (Å²) in [5.74, 6) is 1.60. The largest absolute Gasteiger partial charge is 0.398 e. The molecule has 0 fully saturated rings. The molecule has 4 rings (SSSR count). The molecule has 0 saturated carbocycles. The predicted octanol–water partition coefficient (Wildman–Crippen LogP) is 3.16. The zero-order chi connectivity index (χ0) is 16.0. The Kier molecular flexibility index (Phi) is 3.16. The van der Waals surface area contributed by atoms with Crippen molar-refractivity contribution >= 4 is 23.0 Å². The van der Waals surface area contributed by atoms with Gasteiger partial charge in [-0.1, -0.05) is 35.9 Å². The van der Waals surface area contributed by atoms with Crippen molar-refractivity contribution in [1.29, 1.82) is 0 Å². The van der Waals surface area contributed by atoms with E-state index in [1.807, 2.05) is 54.0 Å². The second kappa shape index (κ2) is 5.21. The summed E-state index contributed by atoms with van der Waals surface area (Å²) < 4.78 is 2.00. The van der Waals surface area contributed by atoms with Crippen LogP contribution in [0.3, 0.4) is 0 Å². The Morgan fingerprint density at radius 1 is 1.09 bits per heavy atom. The SMILES string of the molecule is Cc1nnc2n1-c1cccc(N)c1C(c1ccccc1Cl)=NC2. The lowest BCUT2D eigenvalue weighted by Gasteiger charge is -2.15. The average molecular weight is 324 g/mol. The number of nitrogen functional groups attached to an aromatic ring is 1. The first kappa shape index (κ1) is 14.0. The van der Waals surface area contributed by atoms with E-state index in [0.717, 1.165) is 34.2 Å². The fourth-order valence-electron chi connectivity index (χ4n) is 2.93. The molecule has 5 nitrogen and oxygen atoms in total. The third-order valence-corrected chi connectivity index (χ3v) is 4.28. The molecule has 1 aromatic heterocycles. The maximum atomic E-state index is 6.39. The van der Waals surface area contributed by atoms with E-state index >= 15 is 0 Å². The molecule has 0 amide bonds. The third kappa shape index (κ3) is 2.12. The Morgan fingerprint density at radius 3 is 2.74 bits per heavy atom. The number of rotatable bonds is 1. The van der Waals surface area contributed by atoms with Gasteiger partial charge in [0.15, 0.2) is 5.82 Å². The molecular weight excluding hydrogens is 310 g/mol. The molecule has 2 heterocycles. The maximum absolute atomic E-state index is 6.39. The fraction of sp³-hybridized carbons (Fsp3) is 0.118. The molecule has 0 aliphatic carbocycles. The number of nitrogens with zero attached hydrogens (tertiary/aromatic N) is 4. The summed E-state index contributed by atoms with van der Waals surface area (Å²) in [6.45, 7) is 2.35. The summed E-state index contributed by atoms with van der Waals surface area (Å²) in [6.07, 6.45) is 0. The van der Waals surface area contributed by atoms with E-state index in [-0.39, 0.29) is 0 Å². The van der Waals surface area contributed by atoms with E-state index in [1.54, 1.807) is 0 Å². The third-order valence-electron chi connectivity index (χ3n) is 3.95. The number of anilines is 1. The first-order chi connectivity index (χ1) is 11.2. The lowest BCUT2D eigenvalue weighted by atomic mass is 9.98. The number of aromatic nitrogens is 3. The molecule has 23 heavy (non-hydrogen) atoms. The summed E-state index contributed by atoms with van der Waals surface area (Å²) in [7, 11) is 0. The molecule has 0 radical (unpaired) electrons. The first-order valence-corrected chi connectivity index (χ1v) is 7.64.